The molecule has 2 aromatic carbocycles. The lowest BCUT2D eigenvalue weighted by Crippen LogP contribution is -2.13. The number of carbonyl (C=O) groups excluding carboxylic acids is 2. The molecule has 0 aliphatic heterocycles. The molecule has 0 unspecified atom stereocenters. The summed E-state index contributed by atoms with van der Waals surface area (Å²) >= 11 is 0. The third-order valence-corrected chi connectivity index (χ3v) is 5.30. The summed E-state index contributed by atoms with van der Waals surface area (Å²) in [6.07, 6.45) is -0.429. The van der Waals surface area contributed by atoms with Crippen LogP contribution in [0.2, 0.25) is 0 Å². The second-order valence-corrected chi connectivity index (χ2v) is 7.84. The van der Waals surface area contributed by atoms with Crippen LogP contribution in [0, 0.1) is 13.8 Å². The van der Waals surface area contributed by atoms with Crippen LogP contribution in [0.15, 0.2) is 48.5 Å². The van der Waals surface area contributed by atoms with Crippen molar-refractivity contribution < 1.29 is 19.0 Å². The second kappa shape index (κ2) is 7.03. The summed E-state index contributed by atoms with van der Waals surface area (Å²) in [7, 11) is -4.51. The number of carbonyl (C=O) groups is 2. The van der Waals surface area contributed by atoms with Crippen molar-refractivity contribution in [1.82, 2.24) is 0 Å². The first-order valence-electron chi connectivity index (χ1n) is 7.29. The predicted octanol–water partition coefficient (Wildman–Crippen LogP) is 3.41. The normalized spacial score (nSPS) is 11.3. The number of benzene rings is 2. The first-order valence-corrected chi connectivity index (χ1v) is 8.95. The van der Waals surface area contributed by atoms with Crippen molar-refractivity contribution in [2.45, 2.75) is 26.7 Å². The van der Waals surface area contributed by atoms with Crippen LogP contribution >= 0.6 is 7.37 Å². The van der Waals surface area contributed by atoms with Crippen LogP contribution in [0.5, 0.6) is 0 Å². The highest BCUT2D eigenvalue weighted by Crippen LogP contribution is 2.44. The van der Waals surface area contributed by atoms with Crippen molar-refractivity contribution in [1.29, 1.82) is 0 Å². The van der Waals surface area contributed by atoms with Crippen molar-refractivity contribution in [3.63, 3.8) is 0 Å². The lowest BCUT2D eigenvalue weighted by Gasteiger charge is -2.10. The Labute approximate surface area is 135 Å². The Kier molecular flexibility index (Phi) is 5.30. The van der Waals surface area contributed by atoms with Gasteiger partial charge >= 0.3 is 7.37 Å². The molecule has 1 N–H and O–H groups in total. The van der Waals surface area contributed by atoms with Crippen LogP contribution in [0.25, 0.3) is 0 Å². The summed E-state index contributed by atoms with van der Waals surface area (Å²) in [5, 5.41) is 0. The van der Waals surface area contributed by atoms with Gasteiger partial charge < -0.3 is 4.89 Å². The molecule has 4 nitrogen and oxygen atoms in total. The molecule has 5 heteroatoms. The fourth-order valence-corrected chi connectivity index (χ4v) is 3.19. The number of aryl methyl sites for hydroxylation is 2. The molecule has 2 rings (SSSR count). The van der Waals surface area contributed by atoms with Gasteiger partial charge in [0.05, 0.1) is 0 Å². The van der Waals surface area contributed by atoms with E-state index >= 15 is 0 Å². The van der Waals surface area contributed by atoms with Crippen LogP contribution < -0.4 is 0 Å². The molecule has 0 atom stereocenters. The van der Waals surface area contributed by atoms with Crippen LogP contribution in [-0.2, 0) is 27.0 Å². The Hall–Kier alpha value is -2.03. The minimum atomic E-state index is -4.51. The van der Waals surface area contributed by atoms with Gasteiger partial charge in [0.15, 0.2) is 0 Å². The van der Waals surface area contributed by atoms with Crippen molar-refractivity contribution in [2.24, 2.45) is 0 Å². The molecule has 23 heavy (non-hydrogen) atoms. The molecule has 0 aliphatic rings. The van der Waals surface area contributed by atoms with Crippen molar-refractivity contribution in [3.05, 3.63) is 70.8 Å². The van der Waals surface area contributed by atoms with E-state index < -0.39 is 18.4 Å². The number of hydrogen-bond donors (Lipinski definition) is 1. The number of hydrogen-bond acceptors (Lipinski definition) is 3. The smallest absolute Gasteiger partial charge is 0.328 e. The third-order valence-electron chi connectivity index (χ3n) is 3.63. The maximum Gasteiger partial charge on any atom is 0.328 e. The molecule has 0 aromatic heterocycles. The highest BCUT2D eigenvalue weighted by atomic mass is 31.2. The monoisotopic (exact) mass is 330 g/mol. The minimum Gasteiger partial charge on any atom is -0.334 e. The first kappa shape index (κ1) is 17.3. The quantitative estimate of drug-likeness (QED) is 0.824. The van der Waals surface area contributed by atoms with E-state index in [1.807, 2.05) is 38.1 Å². The predicted molar refractivity (Wildman–Crippen MR) is 89.6 cm³/mol. The van der Waals surface area contributed by atoms with E-state index in [0.29, 0.717) is 11.1 Å². The lowest BCUT2D eigenvalue weighted by atomic mass is 10.1. The largest absolute Gasteiger partial charge is 0.334 e. The zero-order chi connectivity index (χ0) is 17.0. The molecule has 0 saturated carbocycles. The molecule has 0 fully saturated rings. The van der Waals surface area contributed by atoms with Gasteiger partial charge in [-0.2, -0.15) is 0 Å². The standard InChI is InChI=1S/C18H19O4P/c1-13-3-7-15(8-4-13)11-17(19)23(21,22)18(20)12-16-9-5-14(2)6-10-16/h3-10H,11-12H2,1-2H3,(H,21,22). The van der Waals surface area contributed by atoms with Crippen LogP contribution in [-0.4, -0.2) is 15.9 Å². The average molecular weight is 330 g/mol. The Morgan fingerprint density at radius 2 is 1.09 bits per heavy atom. The van der Waals surface area contributed by atoms with Gasteiger partial charge in [-0.05, 0) is 25.0 Å². The first-order chi connectivity index (χ1) is 10.8. The zero-order valence-electron chi connectivity index (χ0n) is 13.2. The average Bonchev–Trinajstić information content (AvgIpc) is 2.51. The zero-order valence-corrected chi connectivity index (χ0v) is 14.0. The molecule has 0 saturated heterocycles. The Morgan fingerprint density at radius 1 is 0.783 bits per heavy atom. The fraction of sp³-hybridized carbons (Fsp3) is 0.222. The molecule has 0 heterocycles. The van der Waals surface area contributed by atoms with Gasteiger partial charge in [0.1, 0.15) is 0 Å². The summed E-state index contributed by atoms with van der Waals surface area (Å²) in [6, 6.07) is 14.2. The summed E-state index contributed by atoms with van der Waals surface area (Å²) in [6.45, 7) is 3.82. The topological polar surface area (TPSA) is 71.4 Å². The van der Waals surface area contributed by atoms with Crippen LogP contribution in [0.1, 0.15) is 22.3 Å². The second-order valence-electron chi connectivity index (χ2n) is 5.69. The van der Waals surface area contributed by atoms with E-state index in [2.05, 4.69) is 0 Å². The van der Waals surface area contributed by atoms with Crippen molar-refractivity contribution in [2.75, 3.05) is 0 Å². The van der Waals surface area contributed by atoms with E-state index in [-0.39, 0.29) is 12.8 Å². The lowest BCUT2D eigenvalue weighted by molar-refractivity contribution is -0.115. The maximum absolute atomic E-state index is 12.2. The van der Waals surface area contributed by atoms with Crippen LogP contribution in [0.3, 0.4) is 0 Å². The van der Waals surface area contributed by atoms with Gasteiger partial charge in [-0.25, -0.2) is 0 Å². The summed E-state index contributed by atoms with van der Waals surface area (Å²) in [4.78, 5) is 34.1. The molecule has 0 bridgehead atoms. The van der Waals surface area contributed by atoms with E-state index in [0.717, 1.165) is 11.1 Å². The Bertz CT molecular complexity index is 697. The maximum atomic E-state index is 12.2. The highest BCUT2D eigenvalue weighted by molar-refractivity contribution is 7.89. The molecular weight excluding hydrogens is 311 g/mol. The van der Waals surface area contributed by atoms with E-state index in [1.165, 1.54) is 0 Å². The van der Waals surface area contributed by atoms with Crippen molar-refractivity contribution in [3.8, 4) is 0 Å². The molecule has 0 radical (unpaired) electrons. The molecule has 0 amide bonds. The fourth-order valence-electron chi connectivity index (χ4n) is 2.11. The SMILES string of the molecule is Cc1ccc(CC(=O)P(=O)(O)C(=O)Cc2ccc(C)cc2)cc1. The summed E-state index contributed by atoms with van der Waals surface area (Å²) in [5.74, 6) is 0. The van der Waals surface area contributed by atoms with E-state index in [9.17, 15) is 19.0 Å². The molecular formula is C18H19O4P. The Morgan fingerprint density at radius 3 is 1.39 bits per heavy atom. The van der Waals surface area contributed by atoms with Crippen LogP contribution in [0.4, 0.5) is 0 Å². The molecule has 120 valence electrons. The van der Waals surface area contributed by atoms with Crippen molar-refractivity contribution >= 4 is 18.4 Å². The summed E-state index contributed by atoms with van der Waals surface area (Å²) < 4.78 is 12.2. The number of rotatable bonds is 6. The van der Waals surface area contributed by atoms with Gasteiger partial charge in [-0.3, -0.25) is 14.2 Å². The van der Waals surface area contributed by atoms with E-state index in [4.69, 9.17) is 0 Å². The Balaban J connectivity index is 2.08. The van der Waals surface area contributed by atoms with Gasteiger partial charge in [0.2, 0.25) is 11.0 Å². The summed E-state index contributed by atoms with van der Waals surface area (Å²) in [5.41, 5.74) is 1.47. The molecule has 0 spiro atoms. The van der Waals surface area contributed by atoms with Gasteiger partial charge in [-0.1, -0.05) is 59.7 Å². The van der Waals surface area contributed by atoms with E-state index in [1.54, 1.807) is 24.3 Å². The minimum absolute atomic E-state index is 0.215. The third kappa shape index (κ3) is 4.47. The van der Waals surface area contributed by atoms with Gasteiger partial charge in [0.25, 0.3) is 0 Å². The van der Waals surface area contributed by atoms with Gasteiger partial charge in [-0.15, -0.1) is 0 Å². The molecule has 0 aliphatic carbocycles. The highest BCUT2D eigenvalue weighted by Gasteiger charge is 2.36. The molecule has 2 aromatic rings. The van der Waals surface area contributed by atoms with Gasteiger partial charge in [0, 0.05) is 12.8 Å².